The van der Waals surface area contributed by atoms with E-state index in [1.165, 1.54) is 6.21 Å². The maximum atomic E-state index is 12.2. The zero-order valence-corrected chi connectivity index (χ0v) is 15.0. The summed E-state index contributed by atoms with van der Waals surface area (Å²) in [6.45, 7) is 3.64. The number of ketones is 1. The molecular formula is C19H22ClN3O2. The van der Waals surface area contributed by atoms with Gasteiger partial charge in [-0.1, -0.05) is 18.2 Å². The molecule has 132 valence electrons. The molecule has 0 unspecified atom stereocenters. The second-order valence-electron chi connectivity index (χ2n) is 5.81. The molecule has 0 radical (unpaired) electrons. The fourth-order valence-corrected chi connectivity index (χ4v) is 2.43. The fourth-order valence-electron chi connectivity index (χ4n) is 2.43. The molecule has 0 aromatic heterocycles. The van der Waals surface area contributed by atoms with Crippen molar-refractivity contribution in [3.05, 3.63) is 60.2 Å². The molecule has 1 aliphatic heterocycles. The first-order valence-electron chi connectivity index (χ1n) is 8.05. The molecule has 6 heteroatoms. The molecule has 0 spiro atoms. The normalized spacial score (nSPS) is 15.0. The van der Waals surface area contributed by atoms with Gasteiger partial charge in [0.05, 0.1) is 6.21 Å². The third kappa shape index (κ3) is 5.59. The first-order chi connectivity index (χ1) is 11.7. The fraction of sp³-hybridized carbons (Fsp3) is 0.263. The van der Waals surface area contributed by atoms with Crippen molar-refractivity contribution in [1.82, 2.24) is 9.91 Å². The summed E-state index contributed by atoms with van der Waals surface area (Å²) >= 11 is 0. The maximum absolute atomic E-state index is 12.2. The number of carbonyl (C=O) groups is 1. The van der Waals surface area contributed by atoms with Gasteiger partial charge in [-0.25, -0.2) is 0 Å². The van der Waals surface area contributed by atoms with Gasteiger partial charge < -0.3 is 9.64 Å². The van der Waals surface area contributed by atoms with Gasteiger partial charge in [0.1, 0.15) is 11.5 Å². The van der Waals surface area contributed by atoms with Crippen LogP contribution in [0.15, 0.2) is 59.7 Å². The predicted octanol–water partition coefficient (Wildman–Crippen LogP) is 3.32. The van der Waals surface area contributed by atoms with Gasteiger partial charge in [0.2, 0.25) is 5.78 Å². The lowest BCUT2D eigenvalue weighted by atomic mass is 10.1. The van der Waals surface area contributed by atoms with E-state index < -0.39 is 0 Å². The Morgan fingerprint density at radius 2 is 1.56 bits per heavy atom. The summed E-state index contributed by atoms with van der Waals surface area (Å²) in [6.07, 6.45) is 1.40. The first kappa shape index (κ1) is 19.0. The van der Waals surface area contributed by atoms with Crippen molar-refractivity contribution >= 4 is 24.4 Å². The Hall–Kier alpha value is -2.37. The minimum absolute atomic E-state index is 0. The van der Waals surface area contributed by atoms with Gasteiger partial charge in [0.15, 0.2) is 0 Å². The molecule has 0 atom stereocenters. The Kier molecular flexibility index (Phi) is 6.98. The highest BCUT2D eigenvalue weighted by Crippen LogP contribution is 2.21. The Morgan fingerprint density at radius 3 is 2.20 bits per heavy atom. The number of Topliss-reactive ketones (excluding diaryl/α,β-unsaturated/α-hetero) is 1. The van der Waals surface area contributed by atoms with Gasteiger partial charge in [-0.15, -0.1) is 12.4 Å². The molecule has 0 bridgehead atoms. The van der Waals surface area contributed by atoms with Crippen molar-refractivity contribution in [2.24, 2.45) is 5.10 Å². The minimum Gasteiger partial charge on any atom is -0.457 e. The molecule has 0 amide bonds. The zero-order chi connectivity index (χ0) is 16.8. The predicted molar refractivity (Wildman–Crippen MR) is 102 cm³/mol. The van der Waals surface area contributed by atoms with Crippen molar-refractivity contribution in [1.29, 1.82) is 0 Å². The topological polar surface area (TPSA) is 45.1 Å². The number of hydrogen-bond donors (Lipinski definition) is 0. The van der Waals surface area contributed by atoms with Crippen LogP contribution in [0.1, 0.15) is 10.4 Å². The number of ether oxygens (including phenoxy) is 1. The van der Waals surface area contributed by atoms with Crippen LogP contribution >= 0.6 is 12.4 Å². The number of halogens is 1. The van der Waals surface area contributed by atoms with E-state index in [4.69, 9.17) is 4.74 Å². The number of piperazine rings is 1. The van der Waals surface area contributed by atoms with Gasteiger partial charge in [0, 0.05) is 31.7 Å². The lowest BCUT2D eigenvalue weighted by molar-refractivity contribution is 0.106. The Balaban J connectivity index is 0.00000225. The number of carbonyl (C=O) groups excluding carboxylic acids is 1. The molecule has 1 fully saturated rings. The molecule has 2 aromatic carbocycles. The van der Waals surface area contributed by atoms with Gasteiger partial charge in [0.25, 0.3) is 0 Å². The van der Waals surface area contributed by atoms with Crippen LogP contribution in [-0.4, -0.2) is 55.1 Å². The summed E-state index contributed by atoms with van der Waals surface area (Å²) in [4.78, 5) is 14.4. The molecule has 5 nitrogen and oxygen atoms in total. The Morgan fingerprint density at radius 1 is 0.960 bits per heavy atom. The van der Waals surface area contributed by atoms with E-state index in [1.807, 2.05) is 35.3 Å². The molecule has 1 saturated heterocycles. The van der Waals surface area contributed by atoms with E-state index >= 15 is 0 Å². The average Bonchev–Trinajstić information content (AvgIpc) is 2.62. The number of hydrogen-bond acceptors (Lipinski definition) is 5. The number of para-hydroxylation sites is 1. The minimum atomic E-state index is -0.0970. The lowest BCUT2D eigenvalue weighted by Crippen LogP contribution is -2.41. The highest BCUT2D eigenvalue weighted by atomic mass is 35.5. The van der Waals surface area contributed by atoms with Gasteiger partial charge in [-0.3, -0.25) is 9.80 Å². The lowest BCUT2D eigenvalue weighted by Gasteiger charge is -2.30. The second-order valence-corrected chi connectivity index (χ2v) is 5.81. The van der Waals surface area contributed by atoms with Gasteiger partial charge in [-0.05, 0) is 43.4 Å². The standard InChI is InChI=1S/C19H21N3O2.ClH/c1-21-11-13-22(14-12-21)20-15-19(23)16-7-9-18(10-8-16)24-17-5-3-2-4-6-17;/h2-10,15H,11-14H2,1H3;1H/b20-15-;. The molecule has 0 aliphatic carbocycles. The highest BCUT2D eigenvalue weighted by molar-refractivity contribution is 6.35. The van der Waals surface area contributed by atoms with Crippen molar-refractivity contribution in [2.75, 3.05) is 33.2 Å². The van der Waals surface area contributed by atoms with E-state index in [2.05, 4.69) is 17.0 Å². The number of rotatable bonds is 5. The summed E-state index contributed by atoms with van der Waals surface area (Å²) < 4.78 is 5.72. The molecular weight excluding hydrogens is 338 g/mol. The number of benzene rings is 2. The molecule has 1 heterocycles. The van der Waals surface area contributed by atoms with Crippen LogP contribution < -0.4 is 4.74 Å². The van der Waals surface area contributed by atoms with E-state index in [0.29, 0.717) is 11.3 Å². The van der Waals surface area contributed by atoms with E-state index in [-0.39, 0.29) is 18.2 Å². The maximum Gasteiger partial charge on any atom is 0.205 e. The first-order valence-corrected chi connectivity index (χ1v) is 8.05. The van der Waals surface area contributed by atoms with Crippen LogP contribution in [0.3, 0.4) is 0 Å². The smallest absolute Gasteiger partial charge is 0.205 e. The zero-order valence-electron chi connectivity index (χ0n) is 14.2. The quantitative estimate of drug-likeness (QED) is 0.607. The largest absolute Gasteiger partial charge is 0.457 e. The van der Waals surface area contributed by atoms with E-state index in [1.54, 1.807) is 24.3 Å². The van der Waals surface area contributed by atoms with Crippen molar-refractivity contribution in [2.45, 2.75) is 0 Å². The number of likely N-dealkylation sites (N-methyl/N-ethyl adjacent to an activating group) is 1. The molecule has 0 saturated carbocycles. The van der Waals surface area contributed by atoms with Crippen molar-refractivity contribution in [3.8, 4) is 11.5 Å². The van der Waals surface area contributed by atoms with Crippen LogP contribution in [0.2, 0.25) is 0 Å². The van der Waals surface area contributed by atoms with Crippen molar-refractivity contribution in [3.63, 3.8) is 0 Å². The van der Waals surface area contributed by atoms with Crippen LogP contribution in [0, 0.1) is 0 Å². The van der Waals surface area contributed by atoms with Crippen LogP contribution in [-0.2, 0) is 0 Å². The monoisotopic (exact) mass is 359 g/mol. The van der Waals surface area contributed by atoms with Crippen LogP contribution in [0.25, 0.3) is 0 Å². The summed E-state index contributed by atoms with van der Waals surface area (Å²) in [5, 5.41) is 6.22. The van der Waals surface area contributed by atoms with Crippen LogP contribution in [0.4, 0.5) is 0 Å². The average molecular weight is 360 g/mol. The molecule has 2 aromatic rings. The number of hydrazone groups is 1. The Bertz CT molecular complexity index is 696. The summed E-state index contributed by atoms with van der Waals surface area (Å²) in [5.41, 5.74) is 0.605. The second kappa shape index (κ2) is 9.20. The van der Waals surface area contributed by atoms with E-state index in [0.717, 1.165) is 31.9 Å². The van der Waals surface area contributed by atoms with E-state index in [9.17, 15) is 4.79 Å². The van der Waals surface area contributed by atoms with Crippen molar-refractivity contribution < 1.29 is 9.53 Å². The Labute approximate surface area is 154 Å². The third-order valence-electron chi connectivity index (χ3n) is 3.94. The SMILES string of the molecule is CN1CCN(/N=C\C(=O)c2ccc(Oc3ccccc3)cc2)CC1.Cl. The summed E-state index contributed by atoms with van der Waals surface area (Å²) in [5.74, 6) is 1.38. The molecule has 1 aliphatic rings. The molecule has 3 rings (SSSR count). The summed E-state index contributed by atoms with van der Waals surface area (Å²) in [6, 6.07) is 16.7. The third-order valence-corrected chi connectivity index (χ3v) is 3.94. The number of nitrogens with zero attached hydrogens (tertiary/aromatic N) is 3. The van der Waals surface area contributed by atoms with Crippen LogP contribution in [0.5, 0.6) is 11.5 Å². The van der Waals surface area contributed by atoms with Gasteiger partial charge >= 0.3 is 0 Å². The molecule has 25 heavy (non-hydrogen) atoms. The summed E-state index contributed by atoms with van der Waals surface area (Å²) in [7, 11) is 2.09. The van der Waals surface area contributed by atoms with Gasteiger partial charge in [-0.2, -0.15) is 5.10 Å². The highest BCUT2D eigenvalue weighted by Gasteiger charge is 2.11. The molecule has 0 N–H and O–H groups in total.